The lowest BCUT2D eigenvalue weighted by Crippen LogP contribution is -2.36. The number of amides is 2. The van der Waals surface area contributed by atoms with Crippen LogP contribution < -0.4 is 9.47 Å². The van der Waals surface area contributed by atoms with Crippen molar-refractivity contribution >= 4 is 28.6 Å². The molecule has 0 atom stereocenters. The van der Waals surface area contributed by atoms with E-state index in [0.717, 1.165) is 15.7 Å². The van der Waals surface area contributed by atoms with E-state index >= 15 is 0 Å². The number of rotatable bonds is 4. The van der Waals surface area contributed by atoms with Gasteiger partial charge in [-0.15, -0.1) is 0 Å². The number of esters is 1. The summed E-state index contributed by atoms with van der Waals surface area (Å²) in [6, 6.07) is 17.2. The van der Waals surface area contributed by atoms with Crippen LogP contribution in [0.2, 0.25) is 0 Å². The maximum absolute atomic E-state index is 12.3. The van der Waals surface area contributed by atoms with E-state index < -0.39 is 24.3 Å². The predicted octanol–water partition coefficient (Wildman–Crippen LogP) is 3.05. The number of methoxy groups -OCH3 is 1. The van der Waals surface area contributed by atoms with Crippen LogP contribution in [0.1, 0.15) is 20.7 Å². The summed E-state index contributed by atoms with van der Waals surface area (Å²) < 4.78 is 10.5. The number of benzene rings is 3. The van der Waals surface area contributed by atoms with Crippen LogP contribution in [0.3, 0.4) is 0 Å². The van der Waals surface area contributed by atoms with Crippen LogP contribution in [0.25, 0.3) is 10.8 Å². The summed E-state index contributed by atoms with van der Waals surface area (Å²) in [5.74, 6) is -0.646. The molecule has 0 aromatic heterocycles. The molecule has 3 aromatic rings. The van der Waals surface area contributed by atoms with Crippen molar-refractivity contribution in [3.63, 3.8) is 0 Å². The number of hydrogen-bond acceptors (Lipinski definition) is 5. The van der Waals surface area contributed by atoms with Gasteiger partial charge in [0.15, 0.2) is 0 Å². The van der Waals surface area contributed by atoms with E-state index in [-0.39, 0.29) is 0 Å². The second kappa shape index (κ2) is 6.57. The minimum absolute atomic E-state index is 0.299. The zero-order valence-corrected chi connectivity index (χ0v) is 14.5. The molecule has 27 heavy (non-hydrogen) atoms. The summed E-state index contributed by atoms with van der Waals surface area (Å²) in [5.41, 5.74) is 0.598. The Morgan fingerprint density at radius 1 is 0.852 bits per heavy atom. The molecular formula is C21H15NO5. The molecule has 0 saturated carbocycles. The van der Waals surface area contributed by atoms with Gasteiger partial charge in [-0.05, 0) is 47.2 Å². The second-order valence-corrected chi connectivity index (χ2v) is 6.09. The van der Waals surface area contributed by atoms with Gasteiger partial charge in [0.2, 0.25) is 0 Å². The van der Waals surface area contributed by atoms with Crippen molar-refractivity contribution in [1.29, 1.82) is 0 Å². The van der Waals surface area contributed by atoms with Gasteiger partial charge in [-0.25, -0.2) is 4.79 Å². The Hall–Kier alpha value is -3.67. The average molecular weight is 361 g/mol. The van der Waals surface area contributed by atoms with Gasteiger partial charge in [0.05, 0.1) is 18.2 Å². The van der Waals surface area contributed by atoms with Gasteiger partial charge in [-0.2, -0.15) is 0 Å². The molecule has 6 nitrogen and oxygen atoms in total. The zero-order valence-electron chi connectivity index (χ0n) is 14.5. The molecule has 0 fully saturated rings. The van der Waals surface area contributed by atoms with Gasteiger partial charge in [-0.3, -0.25) is 14.5 Å². The Balaban J connectivity index is 1.51. The predicted molar refractivity (Wildman–Crippen MR) is 97.9 cm³/mol. The number of imide groups is 1. The van der Waals surface area contributed by atoms with Crippen LogP contribution in [0.4, 0.5) is 0 Å². The third-order valence-corrected chi connectivity index (χ3v) is 4.42. The van der Waals surface area contributed by atoms with E-state index in [0.29, 0.717) is 22.6 Å². The first-order chi connectivity index (χ1) is 13.1. The molecule has 4 rings (SSSR count). The van der Waals surface area contributed by atoms with E-state index in [2.05, 4.69) is 0 Å². The largest absolute Gasteiger partial charge is 0.497 e. The summed E-state index contributed by atoms with van der Waals surface area (Å²) in [5, 5.41) is 1.82. The Morgan fingerprint density at radius 3 is 2.07 bits per heavy atom. The molecule has 1 heterocycles. The van der Waals surface area contributed by atoms with E-state index in [9.17, 15) is 14.4 Å². The summed E-state index contributed by atoms with van der Waals surface area (Å²) >= 11 is 0. The number of nitrogens with zero attached hydrogens (tertiary/aromatic N) is 1. The van der Waals surface area contributed by atoms with Gasteiger partial charge in [0.1, 0.15) is 18.0 Å². The number of carbonyl (C=O) groups excluding carboxylic acids is 3. The molecular weight excluding hydrogens is 346 g/mol. The van der Waals surface area contributed by atoms with Crippen molar-refractivity contribution in [2.45, 2.75) is 0 Å². The summed E-state index contributed by atoms with van der Waals surface area (Å²) in [7, 11) is 1.58. The van der Waals surface area contributed by atoms with Gasteiger partial charge in [-0.1, -0.05) is 24.3 Å². The van der Waals surface area contributed by atoms with Crippen LogP contribution in [0, 0.1) is 0 Å². The molecule has 3 aromatic carbocycles. The Morgan fingerprint density at radius 2 is 1.44 bits per heavy atom. The summed E-state index contributed by atoms with van der Waals surface area (Å²) in [6.45, 7) is -0.442. The number of carbonyl (C=O) groups is 3. The molecule has 0 saturated heterocycles. The number of fused-ring (bicyclic) bond motifs is 2. The molecule has 0 spiro atoms. The fourth-order valence-corrected chi connectivity index (χ4v) is 3.07. The SMILES string of the molecule is COc1ccc2ccc(OC(=O)CN3C(=O)c4ccccc4C3=O)cc2c1. The Bertz CT molecular complexity index is 1050. The molecule has 0 bridgehead atoms. The highest BCUT2D eigenvalue weighted by molar-refractivity contribution is 6.22. The highest BCUT2D eigenvalue weighted by Crippen LogP contribution is 2.26. The normalized spacial score (nSPS) is 13.0. The maximum atomic E-state index is 12.3. The second-order valence-electron chi connectivity index (χ2n) is 6.09. The fraction of sp³-hybridized carbons (Fsp3) is 0.0952. The topological polar surface area (TPSA) is 72.9 Å². The molecule has 0 unspecified atom stereocenters. The highest BCUT2D eigenvalue weighted by atomic mass is 16.5. The van der Waals surface area contributed by atoms with Crippen molar-refractivity contribution in [3.8, 4) is 11.5 Å². The van der Waals surface area contributed by atoms with Crippen LogP contribution in [-0.2, 0) is 4.79 Å². The van der Waals surface area contributed by atoms with Crippen molar-refractivity contribution < 1.29 is 23.9 Å². The fourth-order valence-electron chi connectivity index (χ4n) is 3.07. The zero-order chi connectivity index (χ0) is 19.0. The first-order valence-corrected chi connectivity index (χ1v) is 8.30. The molecule has 6 heteroatoms. The first kappa shape index (κ1) is 16.8. The van der Waals surface area contributed by atoms with Crippen molar-refractivity contribution in [3.05, 3.63) is 71.8 Å². The average Bonchev–Trinajstić information content (AvgIpc) is 2.92. The monoisotopic (exact) mass is 361 g/mol. The molecule has 134 valence electrons. The standard InChI is InChI=1S/C21H15NO5/c1-26-15-8-6-13-7-9-16(11-14(13)10-15)27-19(23)12-22-20(24)17-4-2-3-5-18(17)21(22)25/h2-11H,12H2,1H3. The van der Waals surface area contributed by atoms with Gasteiger partial charge >= 0.3 is 5.97 Å². The Kier molecular flexibility index (Phi) is 4.08. The van der Waals surface area contributed by atoms with Crippen molar-refractivity contribution in [2.75, 3.05) is 13.7 Å². The maximum Gasteiger partial charge on any atom is 0.331 e. The third kappa shape index (κ3) is 3.01. The Labute approximate surface area is 154 Å². The molecule has 0 radical (unpaired) electrons. The van der Waals surface area contributed by atoms with E-state index in [1.807, 2.05) is 24.3 Å². The first-order valence-electron chi connectivity index (χ1n) is 8.30. The molecule has 1 aliphatic heterocycles. The van der Waals surface area contributed by atoms with Crippen LogP contribution in [-0.4, -0.2) is 36.3 Å². The minimum Gasteiger partial charge on any atom is -0.497 e. The summed E-state index contributed by atoms with van der Waals surface area (Å²) in [6.07, 6.45) is 0. The lowest BCUT2D eigenvalue weighted by atomic mass is 10.1. The molecule has 2 amide bonds. The van der Waals surface area contributed by atoms with E-state index in [4.69, 9.17) is 9.47 Å². The third-order valence-electron chi connectivity index (χ3n) is 4.42. The van der Waals surface area contributed by atoms with Crippen molar-refractivity contribution in [2.24, 2.45) is 0 Å². The van der Waals surface area contributed by atoms with Crippen LogP contribution in [0.5, 0.6) is 11.5 Å². The number of hydrogen-bond donors (Lipinski definition) is 0. The molecule has 0 aliphatic carbocycles. The quantitative estimate of drug-likeness (QED) is 0.406. The van der Waals surface area contributed by atoms with Gasteiger partial charge in [0, 0.05) is 0 Å². The summed E-state index contributed by atoms with van der Waals surface area (Å²) in [4.78, 5) is 37.8. The van der Waals surface area contributed by atoms with E-state index in [1.165, 1.54) is 0 Å². The van der Waals surface area contributed by atoms with Crippen molar-refractivity contribution in [1.82, 2.24) is 4.90 Å². The lowest BCUT2D eigenvalue weighted by molar-refractivity contribution is -0.134. The number of ether oxygens (including phenoxy) is 2. The van der Waals surface area contributed by atoms with Gasteiger partial charge in [0.25, 0.3) is 11.8 Å². The van der Waals surface area contributed by atoms with E-state index in [1.54, 1.807) is 43.5 Å². The molecule has 1 aliphatic rings. The van der Waals surface area contributed by atoms with Crippen LogP contribution >= 0.6 is 0 Å². The smallest absolute Gasteiger partial charge is 0.331 e. The molecule has 0 N–H and O–H groups in total. The lowest BCUT2D eigenvalue weighted by Gasteiger charge is -2.13. The van der Waals surface area contributed by atoms with Gasteiger partial charge < -0.3 is 9.47 Å². The van der Waals surface area contributed by atoms with Crippen LogP contribution in [0.15, 0.2) is 60.7 Å². The minimum atomic E-state index is -0.688. The highest BCUT2D eigenvalue weighted by Gasteiger charge is 2.36.